The predicted molar refractivity (Wildman–Crippen MR) is 118 cm³/mol. The van der Waals surface area contributed by atoms with Crippen molar-refractivity contribution in [3.8, 4) is 11.5 Å². The number of ether oxygens (including phenoxy) is 2. The summed E-state index contributed by atoms with van der Waals surface area (Å²) in [5, 5.41) is 6.57. The molecule has 0 spiro atoms. The zero-order valence-corrected chi connectivity index (χ0v) is 18.5. The smallest absolute Gasteiger partial charge is 0.243 e. The summed E-state index contributed by atoms with van der Waals surface area (Å²) < 4.78 is 11.0. The molecule has 7 nitrogen and oxygen atoms in total. The lowest BCUT2D eigenvalue weighted by atomic mass is 10.1. The van der Waals surface area contributed by atoms with Crippen LogP contribution in [0.3, 0.4) is 0 Å². The number of guanidine groups is 1. The fraction of sp³-hybridized carbons (Fsp3) is 0.600. The lowest BCUT2D eigenvalue weighted by Crippen LogP contribution is -2.40. The number of nitrogens with one attached hydrogen (secondary N) is 2. The van der Waals surface area contributed by atoms with Crippen LogP contribution in [-0.2, 0) is 11.2 Å². The van der Waals surface area contributed by atoms with Gasteiger partial charge in [0.15, 0.2) is 17.5 Å². The molecule has 0 heterocycles. The third kappa shape index (κ3) is 9.21. The molecule has 0 atom stereocenters. The minimum absolute atomic E-state index is 0.0207. The molecule has 0 fully saturated rings. The molecule has 0 aliphatic rings. The highest BCUT2D eigenvalue weighted by Gasteiger charge is 2.06. The molecule has 1 amide bonds. The highest BCUT2D eigenvalue weighted by atomic mass is 32.2. The van der Waals surface area contributed by atoms with Crippen molar-refractivity contribution in [2.45, 2.75) is 19.8 Å². The summed E-state index contributed by atoms with van der Waals surface area (Å²) in [6.45, 7) is 4.27. The van der Waals surface area contributed by atoms with Crippen molar-refractivity contribution in [2.24, 2.45) is 4.99 Å². The number of rotatable bonds is 12. The van der Waals surface area contributed by atoms with Crippen LogP contribution in [0.2, 0.25) is 0 Å². The topological polar surface area (TPSA) is 75.2 Å². The first-order chi connectivity index (χ1) is 13.5. The average Bonchev–Trinajstić information content (AvgIpc) is 2.69. The number of hydrogen-bond acceptors (Lipinski definition) is 5. The molecule has 0 radical (unpaired) electrons. The zero-order valence-electron chi connectivity index (χ0n) is 17.7. The molecule has 1 aromatic rings. The Morgan fingerprint density at radius 1 is 1.21 bits per heavy atom. The van der Waals surface area contributed by atoms with Gasteiger partial charge < -0.3 is 25.0 Å². The van der Waals surface area contributed by atoms with E-state index in [-0.39, 0.29) is 12.5 Å². The van der Waals surface area contributed by atoms with Gasteiger partial charge in [0.2, 0.25) is 5.91 Å². The second kappa shape index (κ2) is 14.0. The van der Waals surface area contributed by atoms with Crippen molar-refractivity contribution in [3.05, 3.63) is 23.8 Å². The van der Waals surface area contributed by atoms with E-state index in [1.807, 2.05) is 19.1 Å². The highest BCUT2D eigenvalue weighted by molar-refractivity contribution is 7.98. The lowest BCUT2D eigenvalue weighted by molar-refractivity contribution is -0.127. The van der Waals surface area contributed by atoms with Crippen LogP contribution >= 0.6 is 11.8 Å². The Hall–Kier alpha value is -2.09. The number of hydrogen-bond donors (Lipinski definition) is 2. The molecule has 0 saturated heterocycles. The van der Waals surface area contributed by atoms with Crippen molar-refractivity contribution < 1.29 is 14.3 Å². The van der Waals surface area contributed by atoms with Crippen LogP contribution in [0.4, 0.5) is 0 Å². The Morgan fingerprint density at radius 3 is 2.61 bits per heavy atom. The molecule has 0 unspecified atom stereocenters. The van der Waals surface area contributed by atoms with E-state index in [9.17, 15) is 4.79 Å². The van der Waals surface area contributed by atoms with Gasteiger partial charge in [-0.15, -0.1) is 0 Å². The van der Waals surface area contributed by atoms with E-state index in [1.54, 1.807) is 37.9 Å². The van der Waals surface area contributed by atoms with Crippen LogP contribution in [0.25, 0.3) is 0 Å². The second-order valence-electron chi connectivity index (χ2n) is 6.32. The first kappa shape index (κ1) is 23.9. The first-order valence-corrected chi connectivity index (χ1v) is 10.9. The number of thioether (sulfide) groups is 1. The maximum Gasteiger partial charge on any atom is 0.243 e. The quantitative estimate of drug-likeness (QED) is 0.312. The van der Waals surface area contributed by atoms with Crippen molar-refractivity contribution in [1.82, 2.24) is 15.5 Å². The fourth-order valence-corrected chi connectivity index (χ4v) is 2.68. The third-order valence-electron chi connectivity index (χ3n) is 3.93. The van der Waals surface area contributed by atoms with Gasteiger partial charge in [0.05, 0.1) is 13.7 Å². The summed E-state index contributed by atoms with van der Waals surface area (Å²) in [6, 6.07) is 6.03. The lowest BCUT2D eigenvalue weighted by Gasteiger charge is -2.14. The molecule has 0 bridgehead atoms. The predicted octanol–water partition coefficient (Wildman–Crippen LogP) is 2.01. The van der Waals surface area contributed by atoms with Crippen molar-refractivity contribution in [3.63, 3.8) is 0 Å². The monoisotopic (exact) mass is 410 g/mol. The van der Waals surface area contributed by atoms with Crippen LogP contribution in [-0.4, -0.2) is 76.2 Å². The van der Waals surface area contributed by atoms with Crippen LogP contribution < -0.4 is 20.1 Å². The number of amides is 1. The van der Waals surface area contributed by atoms with E-state index in [0.717, 1.165) is 43.2 Å². The number of carbonyl (C=O) groups excluding carboxylic acids is 1. The number of benzene rings is 1. The van der Waals surface area contributed by atoms with Gasteiger partial charge in [-0.05, 0) is 43.7 Å². The van der Waals surface area contributed by atoms with Crippen LogP contribution in [0, 0.1) is 0 Å². The molecule has 28 heavy (non-hydrogen) atoms. The number of carbonyl (C=O) groups is 1. The van der Waals surface area contributed by atoms with E-state index in [2.05, 4.69) is 27.9 Å². The molecule has 0 saturated carbocycles. The SMILES string of the molecule is CCOc1cc(CCCNC(=NCC(=O)N(C)C)NCCSC)ccc1OC. The van der Waals surface area contributed by atoms with Crippen molar-refractivity contribution in [1.29, 1.82) is 0 Å². The minimum atomic E-state index is -0.0207. The zero-order chi connectivity index (χ0) is 20.8. The Balaban J connectivity index is 2.54. The first-order valence-electron chi connectivity index (χ1n) is 9.52. The van der Waals surface area contributed by atoms with E-state index in [4.69, 9.17) is 9.47 Å². The number of nitrogens with zero attached hydrogens (tertiary/aromatic N) is 2. The Kier molecular flexibility index (Phi) is 12.0. The van der Waals surface area contributed by atoms with Gasteiger partial charge in [0.1, 0.15) is 6.54 Å². The molecule has 1 aromatic carbocycles. The molecular weight excluding hydrogens is 376 g/mol. The van der Waals surface area contributed by atoms with Gasteiger partial charge in [-0.3, -0.25) is 4.79 Å². The minimum Gasteiger partial charge on any atom is -0.493 e. The molecule has 8 heteroatoms. The van der Waals surface area contributed by atoms with Gasteiger partial charge in [-0.25, -0.2) is 4.99 Å². The Bertz CT molecular complexity index is 623. The average molecular weight is 411 g/mol. The number of aryl methyl sites for hydroxylation is 1. The molecule has 0 aliphatic heterocycles. The number of likely N-dealkylation sites (N-methyl/N-ethyl adjacent to an activating group) is 1. The summed E-state index contributed by atoms with van der Waals surface area (Å²) in [7, 11) is 5.11. The van der Waals surface area contributed by atoms with Crippen molar-refractivity contribution >= 4 is 23.6 Å². The summed E-state index contributed by atoms with van der Waals surface area (Å²) in [6.07, 6.45) is 3.90. The van der Waals surface area contributed by atoms with E-state index in [0.29, 0.717) is 12.6 Å². The largest absolute Gasteiger partial charge is 0.493 e. The van der Waals surface area contributed by atoms with E-state index >= 15 is 0 Å². The normalized spacial score (nSPS) is 11.1. The summed E-state index contributed by atoms with van der Waals surface area (Å²) >= 11 is 1.76. The van der Waals surface area contributed by atoms with Gasteiger partial charge >= 0.3 is 0 Å². The molecule has 0 aliphatic carbocycles. The molecular formula is C20H34N4O3S. The summed E-state index contributed by atoms with van der Waals surface area (Å²) in [5.74, 6) is 3.16. The van der Waals surface area contributed by atoms with E-state index < -0.39 is 0 Å². The van der Waals surface area contributed by atoms with Gasteiger partial charge in [-0.2, -0.15) is 11.8 Å². The van der Waals surface area contributed by atoms with Gasteiger partial charge in [0.25, 0.3) is 0 Å². The maximum absolute atomic E-state index is 11.8. The maximum atomic E-state index is 11.8. The number of methoxy groups -OCH3 is 1. The Labute approximate surface area is 173 Å². The fourth-order valence-electron chi connectivity index (χ4n) is 2.38. The highest BCUT2D eigenvalue weighted by Crippen LogP contribution is 2.28. The molecule has 158 valence electrons. The van der Waals surface area contributed by atoms with Crippen LogP contribution in [0.5, 0.6) is 11.5 Å². The van der Waals surface area contributed by atoms with Gasteiger partial charge in [0, 0.05) is 32.9 Å². The van der Waals surface area contributed by atoms with E-state index in [1.165, 1.54) is 5.56 Å². The summed E-state index contributed by atoms with van der Waals surface area (Å²) in [5.41, 5.74) is 1.20. The molecule has 2 N–H and O–H groups in total. The molecule has 0 aromatic heterocycles. The van der Waals surface area contributed by atoms with Crippen LogP contribution in [0.1, 0.15) is 18.9 Å². The van der Waals surface area contributed by atoms with Crippen LogP contribution in [0.15, 0.2) is 23.2 Å². The van der Waals surface area contributed by atoms with Crippen molar-refractivity contribution in [2.75, 3.05) is 59.5 Å². The van der Waals surface area contributed by atoms with Gasteiger partial charge in [-0.1, -0.05) is 6.07 Å². The summed E-state index contributed by atoms with van der Waals surface area (Å²) in [4.78, 5) is 17.7. The molecule has 1 rings (SSSR count). The number of aliphatic imine (C=N–C) groups is 1. The third-order valence-corrected chi connectivity index (χ3v) is 4.54. The standard InChI is InChI=1S/C20H34N4O3S/c1-6-27-18-14-16(9-10-17(18)26-4)8-7-11-21-20(22-12-13-28-5)23-15-19(25)24(2)3/h9-10,14H,6-8,11-13,15H2,1-5H3,(H2,21,22,23). The second-order valence-corrected chi connectivity index (χ2v) is 7.31. The Morgan fingerprint density at radius 2 is 1.96 bits per heavy atom.